The molecule has 3 heterocycles. The average molecular weight is 491 g/mol. The lowest BCUT2D eigenvalue weighted by molar-refractivity contribution is -0.164. The van der Waals surface area contributed by atoms with Crippen molar-refractivity contribution in [3.05, 3.63) is 12.7 Å². The first kappa shape index (κ1) is 26.1. The topological polar surface area (TPSA) is 96.4 Å². The number of fused-ring (bicyclic) bond motifs is 1. The van der Waals surface area contributed by atoms with Gasteiger partial charge in [0.05, 0.1) is 30.8 Å². The molecule has 3 aliphatic heterocycles. The fourth-order valence-electron chi connectivity index (χ4n) is 7.46. The largest absolute Gasteiger partial charge is 0.466 e. The predicted molar refractivity (Wildman–Crippen MR) is 130 cm³/mol. The molecule has 3 saturated heterocycles. The molecule has 1 saturated carbocycles. The van der Waals surface area contributed by atoms with E-state index in [1.165, 1.54) is 0 Å². The van der Waals surface area contributed by atoms with Crippen LogP contribution in [0.4, 0.5) is 0 Å². The van der Waals surface area contributed by atoms with Crippen molar-refractivity contribution in [3.63, 3.8) is 0 Å². The zero-order valence-electron chi connectivity index (χ0n) is 21.7. The van der Waals surface area contributed by atoms with Gasteiger partial charge in [-0.1, -0.05) is 39.2 Å². The van der Waals surface area contributed by atoms with E-state index >= 15 is 0 Å². The third-order valence-electron chi connectivity index (χ3n) is 9.23. The van der Waals surface area contributed by atoms with E-state index in [1.807, 2.05) is 25.7 Å². The summed E-state index contributed by atoms with van der Waals surface area (Å²) < 4.78 is 12.2. The molecule has 2 bridgehead atoms. The van der Waals surface area contributed by atoms with Gasteiger partial charge in [0.25, 0.3) is 0 Å². The number of hydrogen-bond donors (Lipinski definition) is 1. The van der Waals surface area contributed by atoms with E-state index in [0.29, 0.717) is 19.4 Å². The predicted octanol–water partition coefficient (Wildman–Crippen LogP) is 2.68. The number of amides is 2. The highest BCUT2D eigenvalue weighted by Gasteiger charge is 2.80. The summed E-state index contributed by atoms with van der Waals surface area (Å²) in [4.78, 5) is 45.2. The number of carbonyl (C=O) groups is 3. The number of ether oxygens (including phenoxy) is 2. The van der Waals surface area contributed by atoms with Gasteiger partial charge in [0.15, 0.2) is 0 Å². The number of esters is 1. The van der Waals surface area contributed by atoms with Crippen LogP contribution in [0, 0.1) is 17.8 Å². The number of aliphatic hydroxyl groups is 1. The second kappa shape index (κ2) is 9.85. The Morgan fingerprint density at radius 1 is 1.31 bits per heavy atom. The van der Waals surface area contributed by atoms with E-state index < -0.39 is 41.1 Å². The molecule has 4 aliphatic rings. The first-order valence-corrected chi connectivity index (χ1v) is 13.4. The molecule has 8 nitrogen and oxygen atoms in total. The molecule has 0 aromatic heterocycles. The first-order valence-electron chi connectivity index (χ1n) is 13.4. The number of hydrogen-bond acceptors (Lipinski definition) is 6. The van der Waals surface area contributed by atoms with Crippen LogP contribution < -0.4 is 0 Å². The van der Waals surface area contributed by atoms with E-state index in [0.717, 1.165) is 32.1 Å². The van der Waals surface area contributed by atoms with Gasteiger partial charge >= 0.3 is 5.97 Å². The third-order valence-corrected chi connectivity index (χ3v) is 9.23. The Kier molecular flexibility index (Phi) is 7.36. The lowest BCUT2D eigenvalue weighted by Crippen LogP contribution is -2.60. The number of nitrogens with zero attached hydrogens (tertiary/aromatic N) is 2. The van der Waals surface area contributed by atoms with E-state index in [1.54, 1.807) is 17.9 Å². The summed E-state index contributed by atoms with van der Waals surface area (Å²) in [7, 11) is 0. The molecule has 0 aromatic carbocycles. The summed E-state index contributed by atoms with van der Waals surface area (Å²) in [5.41, 5.74) is -2.00. The molecule has 196 valence electrons. The molecule has 35 heavy (non-hydrogen) atoms. The standard InChI is InChI=1S/C27H42N2O6/c1-6-14-28(19-12-10-9-11-13-19)24(32)22-27-15-17(4)26(5,35-27)21(25(33)34-8-3)20(27)23(31)29(22)18(7-2)16-30/h6,17-22,30H,1,7-16H2,2-5H3/t17?,18-,20-,21-,22?,26+,27?/m0/s1. The zero-order chi connectivity index (χ0) is 25.5. The molecule has 1 spiro atoms. The van der Waals surface area contributed by atoms with Crippen molar-refractivity contribution in [2.45, 2.75) is 102 Å². The van der Waals surface area contributed by atoms with Gasteiger partial charge < -0.3 is 24.4 Å². The number of aliphatic hydroxyl groups excluding tert-OH is 1. The van der Waals surface area contributed by atoms with Crippen LogP contribution in [0.3, 0.4) is 0 Å². The van der Waals surface area contributed by atoms with Crippen molar-refractivity contribution in [2.75, 3.05) is 19.8 Å². The maximum atomic E-state index is 14.5. The van der Waals surface area contributed by atoms with Crippen LogP contribution >= 0.6 is 0 Å². The third kappa shape index (κ3) is 3.82. The number of rotatable bonds is 9. The SMILES string of the molecule is C=CCN(C(=O)C1N([C@@H](CC)CO)C(=O)[C@@H]2[C@@H](C(=O)OCC)[C@]3(C)OC12CC3C)C1CCCCC1. The maximum absolute atomic E-state index is 14.5. The Labute approximate surface area is 209 Å². The minimum atomic E-state index is -1.11. The normalized spacial score (nSPS) is 37.3. The van der Waals surface area contributed by atoms with Gasteiger partial charge in [-0.25, -0.2) is 0 Å². The van der Waals surface area contributed by atoms with Crippen molar-refractivity contribution in [3.8, 4) is 0 Å². The fourth-order valence-corrected chi connectivity index (χ4v) is 7.46. The molecule has 7 atom stereocenters. The summed E-state index contributed by atoms with van der Waals surface area (Å²) in [6.07, 6.45) is 7.89. The summed E-state index contributed by atoms with van der Waals surface area (Å²) in [6.45, 7) is 11.8. The summed E-state index contributed by atoms with van der Waals surface area (Å²) in [6, 6.07) is -1.33. The van der Waals surface area contributed by atoms with Crippen LogP contribution in [0.1, 0.15) is 72.6 Å². The second-order valence-corrected chi connectivity index (χ2v) is 11.0. The molecular formula is C27H42N2O6. The molecule has 1 N–H and O–H groups in total. The molecule has 0 radical (unpaired) electrons. The average Bonchev–Trinajstić information content (AvgIpc) is 3.36. The van der Waals surface area contributed by atoms with Crippen molar-refractivity contribution >= 4 is 17.8 Å². The summed E-state index contributed by atoms with van der Waals surface area (Å²) in [5, 5.41) is 10.2. The van der Waals surface area contributed by atoms with Gasteiger partial charge in [0.2, 0.25) is 11.8 Å². The highest BCUT2D eigenvalue weighted by atomic mass is 16.6. The van der Waals surface area contributed by atoms with E-state index in [2.05, 4.69) is 6.58 Å². The van der Waals surface area contributed by atoms with Crippen LogP contribution in [-0.4, -0.2) is 81.8 Å². The molecule has 1 aliphatic carbocycles. The quantitative estimate of drug-likeness (QED) is 0.394. The monoisotopic (exact) mass is 490 g/mol. The minimum Gasteiger partial charge on any atom is -0.466 e. The Morgan fingerprint density at radius 3 is 2.57 bits per heavy atom. The second-order valence-electron chi connectivity index (χ2n) is 11.0. The molecular weight excluding hydrogens is 448 g/mol. The van der Waals surface area contributed by atoms with Crippen LogP contribution in [0.2, 0.25) is 0 Å². The van der Waals surface area contributed by atoms with E-state index in [-0.39, 0.29) is 37.0 Å². The van der Waals surface area contributed by atoms with Crippen molar-refractivity contribution < 1.29 is 29.0 Å². The lowest BCUT2D eigenvalue weighted by Gasteiger charge is -2.42. The van der Waals surface area contributed by atoms with Gasteiger partial charge in [-0.3, -0.25) is 14.4 Å². The molecule has 2 amide bonds. The summed E-state index contributed by atoms with van der Waals surface area (Å²) >= 11 is 0. The van der Waals surface area contributed by atoms with Crippen LogP contribution in [0.25, 0.3) is 0 Å². The molecule has 3 unspecified atom stereocenters. The van der Waals surface area contributed by atoms with Gasteiger partial charge in [0, 0.05) is 12.6 Å². The Morgan fingerprint density at radius 2 is 2.00 bits per heavy atom. The van der Waals surface area contributed by atoms with Crippen LogP contribution in [-0.2, 0) is 23.9 Å². The highest BCUT2D eigenvalue weighted by molar-refractivity contribution is 5.99. The first-order chi connectivity index (χ1) is 16.7. The van der Waals surface area contributed by atoms with E-state index in [9.17, 15) is 19.5 Å². The molecule has 0 aromatic rings. The molecule has 4 fully saturated rings. The van der Waals surface area contributed by atoms with Crippen molar-refractivity contribution in [1.29, 1.82) is 0 Å². The van der Waals surface area contributed by atoms with Crippen molar-refractivity contribution in [1.82, 2.24) is 9.80 Å². The van der Waals surface area contributed by atoms with Crippen LogP contribution in [0.15, 0.2) is 12.7 Å². The van der Waals surface area contributed by atoms with Gasteiger partial charge in [0.1, 0.15) is 17.6 Å². The number of likely N-dealkylation sites (tertiary alicyclic amines) is 1. The minimum absolute atomic E-state index is 0.0343. The Bertz CT molecular complexity index is 853. The highest BCUT2D eigenvalue weighted by Crippen LogP contribution is 2.65. The fraction of sp³-hybridized carbons (Fsp3) is 0.815. The van der Waals surface area contributed by atoms with Crippen molar-refractivity contribution in [2.24, 2.45) is 17.8 Å². The van der Waals surface area contributed by atoms with E-state index in [4.69, 9.17) is 9.47 Å². The molecule has 4 rings (SSSR count). The summed E-state index contributed by atoms with van der Waals surface area (Å²) in [5.74, 6) is -2.48. The zero-order valence-corrected chi connectivity index (χ0v) is 21.7. The molecule has 8 heteroatoms. The number of carbonyl (C=O) groups excluding carboxylic acids is 3. The lowest BCUT2D eigenvalue weighted by atomic mass is 9.62. The smallest absolute Gasteiger partial charge is 0.312 e. The maximum Gasteiger partial charge on any atom is 0.312 e. The van der Waals surface area contributed by atoms with Gasteiger partial charge in [-0.15, -0.1) is 6.58 Å². The van der Waals surface area contributed by atoms with Gasteiger partial charge in [-0.05, 0) is 45.4 Å². The Hall–Kier alpha value is -1.93. The van der Waals surface area contributed by atoms with Gasteiger partial charge in [-0.2, -0.15) is 0 Å². The van der Waals surface area contributed by atoms with Crippen LogP contribution in [0.5, 0.6) is 0 Å². The Balaban J connectivity index is 1.82.